The first-order valence-electron chi connectivity index (χ1n) is 12.3. The molecule has 0 unspecified atom stereocenters. The van der Waals surface area contributed by atoms with E-state index >= 15 is 0 Å². The molecule has 9 nitrogen and oxygen atoms in total. The van der Waals surface area contributed by atoms with Gasteiger partial charge < -0.3 is 15.3 Å². The van der Waals surface area contributed by atoms with Gasteiger partial charge in [0, 0.05) is 51.8 Å². The van der Waals surface area contributed by atoms with Gasteiger partial charge in [-0.2, -0.15) is 17.0 Å². The highest BCUT2D eigenvalue weighted by atomic mass is 32.2. The molecule has 2 N–H and O–H groups in total. The van der Waals surface area contributed by atoms with Crippen molar-refractivity contribution < 1.29 is 31.9 Å². The van der Waals surface area contributed by atoms with Gasteiger partial charge in [-0.1, -0.05) is 24.3 Å². The van der Waals surface area contributed by atoms with E-state index in [0.29, 0.717) is 44.3 Å². The summed E-state index contributed by atoms with van der Waals surface area (Å²) in [7, 11) is -3.76. The molecule has 0 saturated carbocycles. The van der Waals surface area contributed by atoms with Crippen LogP contribution in [0.2, 0.25) is 0 Å². The molecule has 4 rings (SSSR count). The minimum atomic E-state index is -3.76. The summed E-state index contributed by atoms with van der Waals surface area (Å²) in [6, 6.07) is 5.10. The molecule has 36 heavy (non-hydrogen) atoms. The molecular formula is C24H34F2N4O5S. The number of benzene rings is 1. The summed E-state index contributed by atoms with van der Waals surface area (Å²) >= 11 is 0. The standard InChI is InChI=1S/C24H34F2N4O5S/c1-23(33)15-29(16-23)36(34,35)28-11-3-5-18(14-28)22(32)30-12-4-6-20(30)21(31)27-13-17-7-9-19(10-8-17)24(2,25)26/h7-10,18,20,33H,3-6,11-16H2,1-2H3,(H,27,31)/t18-,20+/m0/s1. The van der Waals surface area contributed by atoms with Gasteiger partial charge in [0.25, 0.3) is 16.1 Å². The van der Waals surface area contributed by atoms with E-state index in [9.17, 15) is 31.9 Å². The molecule has 0 aromatic heterocycles. The Balaban J connectivity index is 1.34. The van der Waals surface area contributed by atoms with Gasteiger partial charge >= 0.3 is 0 Å². The number of nitrogens with zero attached hydrogens (tertiary/aromatic N) is 3. The molecule has 200 valence electrons. The third-order valence-corrected chi connectivity index (χ3v) is 9.08. The lowest BCUT2D eigenvalue weighted by Crippen LogP contribution is -2.65. The fourth-order valence-electron chi connectivity index (χ4n) is 5.15. The lowest BCUT2D eigenvalue weighted by atomic mass is 9.97. The summed E-state index contributed by atoms with van der Waals surface area (Å²) < 4.78 is 55.2. The average Bonchev–Trinajstić information content (AvgIpc) is 3.30. The van der Waals surface area contributed by atoms with Crippen LogP contribution in [-0.2, 0) is 32.3 Å². The smallest absolute Gasteiger partial charge is 0.282 e. The average molecular weight is 529 g/mol. The summed E-state index contributed by atoms with van der Waals surface area (Å²) in [6.07, 6.45) is 2.26. The van der Waals surface area contributed by atoms with Crippen molar-refractivity contribution in [1.29, 1.82) is 0 Å². The summed E-state index contributed by atoms with van der Waals surface area (Å²) in [4.78, 5) is 27.8. The van der Waals surface area contributed by atoms with E-state index in [4.69, 9.17) is 0 Å². The monoisotopic (exact) mass is 528 g/mol. The minimum Gasteiger partial charge on any atom is -0.387 e. The van der Waals surface area contributed by atoms with E-state index < -0.39 is 33.7 Å². The number of alkyl halides is 2. The summed E-state index contributed by atoms with van der Waals surface area (Å²) in [5.74, 6) is -4.01. The van der Waals surface area contributed by atoms with Crippen molar-refractivity contribution in [2.45, 2.75) is 63.6 Å². The first-order valence-corrected chi connectivity index (χ1v) is 13.7. The normalized spacial score (nSPS) is 25.4. The molecule has 0 spiro atoms. The van der Waals surface area contributed by atoms with Crippen LogP contribution in [0.25, 0.3) is 0 Å². The number of rotatable bonds is 7. The molecule has 3 saturated heterocycles. The van der Waals surface area contributed by atoms with Gasteiger partial charge in [-0.25, -0.2) is 8.78 Å². The molecule has 1 aromatic carbocycles. The summed E-state index contributed by atoms with van der Waals surface area (Å²) in [6.45, 7) is 3.42. The molecule has 3 heterocycles. The van der Waals surface area contributed by atoms with E-state index in [1.54, 1.807) is 24.0 Å². The van der Waals surface area contributed by atoms with Crippen molar-refractivity contribution in [2.75, 3.05) is 32.7 Å². The van der Waals surface area contributed by atoms with Crippen LogP contribution in [0.1, 0.15) is 50.7 Å². The van der Waals surface area contributed by atoms with Crippen LogP contribution < -0.4 is 5.32 Å². The Kier molecular flexibility index (Phi) is 7.44. The second-order valence-corrected chi connectivity index (χ2v) is 12.4. The maximum absolute atomic E-state index is 13.4. The Hall–Kier alpha value is -2.15. The van der Waals surface area contributed by atoms with Crippen molar-refractivity contribution >= 4 is 22.0 Å². The number of hydrogen-bond acceptors (Lipinski definition) is 5. The predicted octanol–water partition coefficient (Wildman–Crippen LogP) is 1.43. The molecule has 0 bridgehead atoms. The van der Waals surface area contributed by atoms with Crippen LogP contribution in [0.5, 0.6) is 0 Å². The highest BCUT2D eigenvalue weighted by Crippen LogP contribution is 2.30. The molecule has 12 heteroatoms. The Labute approximate surface area is 210 Å². The predicted molar refractivity (Wildman–Crippen MR) is 128 cm³/mol. The summed E-state index contributed by atoms with van der Waals surface area (Å²) in [5.41, 5.74) is -0.462. The Morgan fingerprint density at radius 1 is 1.11 bits per heavy atom. The Bertz CT molecular complexity index is 1080. The second kappa shape index (κ2) is 9.96. The number of carbonyl (C=O) groups excluding carboxylic acids is 2. The van der Waals surface area contributed by atoms with E-state index in [0.717, 1.165) is 6.92 Å². The lowest BCUT2D eigenvalue weighted by molar-refractivity contribution is -0.142. The molecule has 0 aliphatic carbocycles. The second-order valence-electron chi connectivity index (χ2n) is 10.5. The number of piperidine rings is 1. The van der Waals surface area contributed by atoms with Gasteiger partial charge in [-0.05, 0) is 38.2 Å². The number of likely N-dealkylation sites (tertiary alicyclic amines) is 1. The quantitative estimate of drug-likeness (QED) is 0.557. The van der Waals surface area contributed by atoms with Crippen LogP contribution in [-0.4, -0.2) is 83.2 Å². The molecule has 3 fully saturated rings. The first-order chi connectivity index (χ1) is 16.8. The van der Waals surface area contributed by atoms with Crippen LogP contribution >= 0.6 is 0 Å². The summed E-state index contributed by atoms with van der Waals surface area (Å²) in [5, 5.41) is 12.7. The number of nitrogens with one attached hydrogen (secondary N) is 1. The van der Waals surface area contributed by atoms with Crippen LogP contribution in [0, 0.1) is 5.92 Å². The SMILES string of the molecule is CC1(O)CN(S(=O)(=O)N2CCC[C@H](C(=O)N3CCC[C@@H]3C(=O)NCc3ccc(C(C)(F)F)cc3)C2)C1. The maximum Gasteiger partial charge on any atom is 0.282 e. The molecule has 0 radical (unpaired) electrons. The number of β-amino-alcohol motifs (C(OH)–C–C–N with tert-alkyl or cyclic N) is 1. The number of hydrogen-bond donors (Lipinski definition) is 2. The molecule has 3 aliphatic heterocycles. The topological polar surface area (TPSA) is 110 Å². The fraction of sp³-hybridized carbons (Fsp3) is 0.667. The third-order valence-electron chi connectivity index (χ3n) is 7.19. The molecule has 3 aliphatic rings. The molecule has 2 amide bonds. The zero-order valence-electron chi connectivity index (χ0n) is 20.6. The lowest BCUT2D eigenvalue weighted by Gasteiger charge is -2.46. The number of aliphatic hydroxyl groups is 1. The number of carbonyl (C=O) groups is 2. The van der Waals surface area contributed by atoms with Gasteiger partial charge in [-0.3, -0.25) is 9.59 Å². The van der Waals surface area contributed by atoms with Crippen molar-refractivity contribution in [1.82, 2.24) is 18.8 Å². The van der Waals surface area contributed by atoms with Gasteiger partial charge in [0.2, 0.25) is 11.8 Å². The van der Waals surface area contributed by atoms with Crippen LogP contribution in [0.3, 0.4) is 0 Å². The van der Waals surface area contributed by atoms with Gasteiger partial charge in [0.15, 0.2) is 0 Å². The fourth-order valence-corrected chi connectivity index (χ4v) is 7.09. The highest BCUT2D eigenvalue weighted by molar-refractivity contribution is 7.86. The van der Waals surface area contributed by atoms with E-state index in [-0.39, 0.29) is 43.6 Å². The Morgan fingerprint density at radius 3 is 2.36 bits per heavy atom. The van der Waals surface area contributed by atoms with Crippen molar-refractivity contribution in [3.05, 3.63) is 35.4 Å². The van der Waals surface area contributed by atoms with Crippen molar-refractivity contribution in [3.63, 3.8) is 0 Å². The third kappa shape index (κ3) is 5.71. The molecule has 1 aromatic rings. The maximum atomic E-state index is 13.4. The van der Waals surface area contributed by atoms with Crippen LogP contribution in [0.4, 0.5) is 8.78 Å². The number of amides is 2. The van der Waals surface area contributed by atoms with E-state index in [2.05, 4.69) is 5.32 Å². The largest absolute Gasteiger partial charge is 0.387 e. The molecule has 2 atom stereocenters. The molecular weight excluding hydrogens is 494 g/mol. The zero-order valence-corrected chi connectivity index (χ0v) is 21.4. The Morgan fingerprint density at radius 2 is 1.75 bits per heavy atom. The van der Waals surface area contributed by atoms with E-state index in [1.807, 2.05) is 0 Å². The highest BCUT2D eigenvalue weighted by Gasteiger charge is 2.47. The first kappa shape index (κ1) is 26.9. The van der Waals surface area contributed by atoms with E-state index in [1.165, 1.54) is 20.7 Å². The van der Waals surface area contributed by atoms with Gasteiger partial charge in [0.1, 0.15) is 6.04 Å². The number of halogens is 2. The zero-order chi connectivity index (χ0) is 26.3. The van der Waals surface area contributed by atoms with Crippen LogP contribution in [0.15, 0.2) is 24.3 Å². The van der Waals surface area contributed by atoms with Crippen molar-refractivity contribution in [3.8, 4) is 0 Å². The minimum absolute atomic E-state index is 0.0302. The van der Waals surface area contributed by atoms with Gasteiger partial charge in [-0.15, -0.1) is 0 Å². The van der Waals surface area contributed by atoms with Gasteiger partial charge in [0.05, 0.1) is 11.5 Å². The van der Waals surface area contributed by atoms with Crippen molar-refractivity contribution in [2.24, 2.45) is 5.92 Å².